The van der Waals surface area contributed by atoms with E-state index in [-0.39, 0.29) is 25.7 Å². The van der Waals surface area contributed by atoms with E-state index in [0.29, 0.717) is 25.7 Å². The molecule has 6 atom stereocenters. The summed E-state index contributed by atoms with van der Waals surface area (Å²) >= 11 is 0. The molecule has 3 N–H and O–H groups in total. The van der Waals surface area contributed by atoms with Gasteiger partial charge in [-0.05, 0) is 43.4 Å². The molecule has 99 heavy (non-hydrogen) atoms. The first kappa shape index (κ1) is 97.1. The van der Waals surface area contributed by atoms with E-state index in [4.69, 9.17) is 37.0 Å². The predicted octanol–water partition coefficient (Wildman–Crippen LogP) is 23.7. The normalized spacial score (nSPS) is 14.3. The van der Waals surface area contributed by atoms with E-state index >= 15 is 0 Å². The monoisotopic (exact) mass is 1450 g/mol. The number of hydrogen-bond acceptors (Lipinski definition) is 15. The molecule has 0 aliphatic rings. The zero-order valence-electron chi connectivity index (χ0n) is 65.0. The average molecular weight is 1450 g/mol. The maximum Gasteiger partial charge on any atom is 0.472 e. The molecule has 0 aromatic rings. The summed E-state index contributed by atoms with van der Waals surface area (Å²) in [5.41, 5.74) is 0. The Morgan fingerprint density at radius 3 is 0.768 bits per heavy atom. The minimum absolute atomic E-state index is 0.105. The number of hydrogen-bond donors (Lipinski definition) is 3. The van der Waals surface area contributed by atoms with Gasteiger partial charge in [-0.25, -0.2) is 9.13 Å². The van der Waals surface area contributed by atoms with Crippen LogP contribution in [0.25, 0.3) is 0 Å². The fraction of sp³-hybridized carbons (Fsp3) is 0.950. The van der Waals surface area contributed by atoms with Crippen LogP contribution in [-0.4, -0.2) is 96.7 Å². The molecule has 0 rings (SSSR count). The van der Waals surface area contributed by atoms with Crippen molar-refractivity contribution >= 4 is 39.5 Å². The van der Waals surface area contributed by atoms with Gasteiger partial charge in [0.1, 0.15) is 19.3 Å². The van der Waals surface area contributed by atoms with Gasteiger partial charge in [0.15, 0.2) is 12.2 Å². The molecule has 17 nitrogen and oxygen atoms in total. The van der Waals surface area contributed by atoms with Gasteiger partial charge in [-0.3, -0.25) is 37.3 Å². The Labute approximate surface area is 607 Å². The number of unbranched alkanes of at least 4 members (excludes halogenated alkanes) is 45. The maximum atomic E-state index is 13.1. The fourth-order valence-electron chi connectivity index (χ4n) is 12.3. The third-order valence-electron chi connectivity index (χ3n) is 19.0. The lowest BCUT2D eigenvalue weighted by Crippen LogP contribution is -2.30. The number of aliphatic hydroxyl groups is 1. The molecule has 0 saturated heterocycles. The van der Waals surface area contributed by atoms with E-state index in [1.54, 1.807) is 0 Å². The van der Waals surface area contributed by atoms with Gasteiger partial charge in [-0.1, -0.05) is 363 Å². The number of phosphoric acid groups is 2. The second kappa shape index (κ2) is 70.4. The number of ether oxygens (including phenoxy) is 4. The van der Waals surface area contributed by atoms with Gasteiger partial charge in [-0.2, -0.15) is 0 Å². The SMILES string of the molecule is CCCCCCCCCCCCCCCCCCCCCCC(=O)O[C@H](COC(=O)CCCCCCCCCCCCCCC(C)C)COP(=O)(O)OC[C@@H](O)COP(=O)(O)OC[C@@H](COC(=O)CCCCCCCCCCC(C)CC)OC(=O)CCCCCCCCCCCC(C)C. The van der Waals surface area contributed by atoms with Crippen LogP contribution in [0.5, 0.6) is 0 Å². The summed E-state index contributed by atoms with van der Waals surface area (Å²) < 4.78 is 68.7. The first-order valence-electron chi connectivity index (χ1n) is 41.4. The molecule has 0 heterocycles. The minimum Gasteiger partial charge on any atom is -0.462 e. The Balaban J connectivity index is 5.24. The van der Waals surface area contributed by atoms with Crippen molar-refractivity contribution in [2.45, 2.75) is 433 Å². The van der Waals surface area contributed by atoms with E-state index in [0.717, 1.165) is 108 Å². The molecule has 0 saturated carbocycles. The lowest BCUT2D eigenvalue weighted by Gasteiger charge is -2.21. The Kier molecular flexibility index (Phi) is 69.0. The van der Waals surface area contributed by atoms with Gasteiger partial charge in [0, 0.05) is 25.7 Å². The molecule has 0 aromatic heterocycles. The van der Waals surface area contributed by atoms with Crippen molar-refractivity contribution in [2.75, 3.05) is 39.6 Å². The summed E-state index contributed by atoms with van der Waals surface area (Å²) in [7, 11) is -9.92. The van der Waals surface area contributed by atoms with Crippen LogP contribution < -0.4 is 0 Å². The van der Waals surface area contributed by atoms with Crippen LogP contribution in [0.4, 0.5) is 0 Å². The quantitative estimate of drug-likeness (QED) is 0.0222. The van der Waals surface area contributed by atoms with E-state index in [9.17, 15) is 43.2 Å². The Morgan fingerprint density at radius 2 is 0.515 bits per heavy atom. The standard InChI is InChI=1S/C80H156O17P2/c1-8-10-11-12-13-14-15-16-17-18-19-20-21-22-23-28-33-42-49-56-63-79(84)96-75(67-90-77(82)61-54-47-40-32-27-25-24-26-30-37-44-51-58-71(3)4)69-94-98(86,87)92-65-74(81)66-93-99(88,89)95-70-76(97-80(85)64-57-50-43-34-29-31-38-45-52-59-72(5)6)68-91-78(83)62-55-48-41-36-35-39-46-53-60-73(7)9-2/h71-76,81H,8-70H2,1-7H3,(H,86,87)(H,88,89)/t73?,74-,75-,76-/m1/s1. The molecule has 19 heteroatoms. The summed E-state index contributed by atoms with van der Waals surface area (Å²) in [6, 6.07) is 0. The predicted molar refractivity (Wildman–Crippen MR) is 405 cm³/mol. The first-order chi connectivity index (χ1) is 47.8. The highest BCUT2D eigenvalue weighted by Crippen LogP contribution is 2.45. The largest absolute Gasteiger partial charge is 0.472 e. The summed E-state index contributed by atoms with van der Waals surface area (Å²) in [6.45, 7) is 11.9. The molecule has 0 aliphatic carbocycles. The van der Waals surface area contributed by atoms with Gasteiger partial charge >= 0.3 is 39.5 Å². The molecule has 0 aliphatic heterocycles. The molecular weight excluding hydrogens is 1290 g/mol. The zero-order chi connectivity index (χ0) is 73.0. The highest BCUT2D eigenvalue weighted by molar-refractivity contribution is 7.47. The molecule has 0 fully saturated rings. The van der Waals surface area contributed by atoms with Crippen LogP contribution >= 0.6 is 15.6 Å². The molecule has 0 aromatic carbocycles. The number of phosphoric ester groups is 2. The van der Waals surface area contributed by atoms with Crippen LogP contribution in [0, 0.1) is 17.8 Å². The highest BCUT2D eigenvalue weighted by Gasteiger charge is 2.30. The number of carbonyl (C=O) groups excluding carboxylic acids is 4. The van der Waals surface area contributed by atoms with Gasteiger partial charge in [0.05, 0.1) is 26.4 Å². The summed E-state index contributed by atoms with van der Waals surface area (Å²) in [4.78, 5) is 73.0. The van der Waals surface area contributed by atoms with E-state index in [2.05, 4.69) is 48.5 Å². The third-order valence-corrected chi connectivity index (χ3v) is 20.9. The van der Waals surface area contributed by atoms with Crippen molar-refractivity contribution in [3.63, 3.8) is 0 Å². The van der Waals surface area contributed by atoms with Gasteiger partial charge in [-0.15, -0.1) is 0 Å². The average Bonchev–Trinajstić information content (AvgIpc) is 3.64. The minimum atomic E-state index is -4.96. The van der Waals surface area contributed by atoms with E-state index < -0.39 is 97.5 Å². The highest BCUT2D eigenvalue weighted by atomic mass is 31.2. The number of carbonyl (C=O) groups is 4. The van der Waals surface area contributed by atoms with E-state index in [1.165, 1.54) is 225 Å². The first-order valence-corrected chi connectivity index (χ1v) is 44.4. The Morgan fingerprint density at radius 1 is 0.293 bits per heavy atom. The second-order valence-corrected chi connectivity index (χ2v) is 32.9. The molecule has 3 unspecified atom stereocenters. The van der Waals surface area contributed by atoms with Gasteiger partial charge in [0.25, 0.3) is 0 Å². The Hall–Kier alpha value is -1.94. The van der Waals surface area contributed by atoms with Crippen LogP contribution in [0.3, 0.4) is 0 Å². The molecule has 588 valence electrons. The molecule has 0 bridgehead atoms. The summed E-state index contributed by atoms with van der Waals surface area (Å²) in [5.74, 6) is 0.182. The smallest absolute Gasteiger partial charge is 0.462 e. The maximum absolute atomic E-state index is 13.1. The number of aliphatic hydroxyl groups excluding tert-OH is 1. The van der Waals surface area contributed by atoms with Crippen LogP contribution in [0.1, 0.15) is 414 Å². The fourth-order valence-corrected chi connectivity index (χ4v) is 13.9. The summed E-state index contributed by atoms with van der Waals surface area (Å²) in [6.07, 6.45) is 58.3. The van der Waals surface area contributed by atoms with Gasteiger partial charge in [0.2, 0.25) is 0 Å². The van der Waals surface area contributed by atoms with Crippen molar-refractivity contribution in [3.05, 3.63) is 0 Å². The van der Waals surface area contributed by atoms with E-state index in [1.807, 2.05) is 0 Å². The topological polar surface area (TPSA) is 237 Å². The molecule has 0 amide bonds. The molecule has 0 spiro atoms. The Bertz CT molecular complexity index is 1920. The van der Waals surface area contributed by atoms with Crippen molar-refractivity contribution in [1.82, 2.24) is 0 Å². The van der Waals surface area contributed by atoms with Crippen molar-refractivity contribution in [3.8, 4) is 0 Å². The molecule has 0 radical (unpaired) electrons. The zero-order valence-corrected chi connectivity index (χ0v) is 66.8. The molecular formula is C80H156O17P2. The number of rotatable bonds is 78. The van der Waals surface area contributed by atoms with Crippen molar-refractivity contribution in [2.24, 2.45) is 17.8 Å². The number of esters is 4. The third kappa shape index (κ3) is 72.8. The lowest BCUT2D eigenvalue weighted by molar-refractivity contribution is -0.161. The summed E-state index contributed by atoms with van der Waals surface area (Å²) in [5, 5.41) is 10.6. The van der Waals surface area contributed by atoms with Crippen LogP contribution in [0.2, 0.25) is 0 Å². The van der Waals surface area contributed by atoms with Crippen LogP contribution in [0.15, 0.2) is 0 Å². The van der Waals surface area contributed by atoms with Crippen molar-refractivity contribution in [1.29, 1.82) is 0 Å². The van der Waals surface area contributed by atoms with Gasteiger partial charge < -0.3 is 33.8 Å². The van der Waals surface area contributed by atoms with Crippen molar-refractivity contribution < 1.29 is 80.2 Å². The van der Waals surface area contributed by atoms with Crippen LogP contribution in [-0.2, 0) is 65.4 Å². The second-order valence-electron chi connectivity index (χ2n) is 30.0. The lowest BCUT2D eigenvalue weighted by atomic mass is 9.99.